The van der Waals surface area contributed by atoms with Gasteiger partial charge in [-0.15, -0.1) is 0 Å². The van der Waals surface area contributed by atoms with E-state index in [1.807, 2.05) is 30.3 Å². The molecular weight excluding hydrogens is 500 g/mol. The lowest BCUT2D eigenvalue weighted by atomic mass is 10.0. The van der Waals surface area contributed by atoms with Crippen LogP contribution in [0.3, 0.4) is 0 Å². The number of carbonyl (C=O) groups excluding carboxylic acids is 2. The fourth-order valence-corrected chi connectivity index (χ4v) is 4.43. The number of nitro benzene ring substituents is 1. The van der Waals surface area contributed by atoms with Crippen molar-refractivity contribution in [3.63, 3.8) is 0 Å². The molecule has 0 bridgehead atoms. The maximum Gasteiger partial charge on any atom is 0.310 e. The number of methoxy groups -OCH3 is 2. The number of rotatable bonds is 7. The Morgan fingerprint density at radius 3 is 2.33 bits per heavy atom. The Morgan fingerprint density at radius 2 is 1.62 bits per heavy atom. The van der Waals surface area contributed by atoms with Gasteiger partial charge in [-0.25, -0.2) is 0 Å². The van der Waals surface area contributed by atoms with Gasteiger partial charge in [0, 0.05) is 18.9 Å². The van der Waals surface area contributed by atoms with Crippen molar-refractivity contribution in [1.82, 2.24) is 0 Å². The summed E-state index contributed by atoms with van der Waals surface area (Å²) in [5.41, 5.74) is 4.59. The molecule has 1 heterocycles. The third kappa shape index (κ3) is 5.13. The third-order valence-corrected chi connectivity index (χ3v) is 6.35. The maximum absolute atomic E-state index is 13.1. The summed E-state index contributed by atoms with van der Waals surface area (Å²) in [5.74, 6) is -0.532. The second kappa shape index (κ2) is 10.6. The first-order valence-electron chi connectivity index (χ1n) is 12.0. The van der Waals surface area contributed by atoms with Gasteiger partial charge in [0.05, 0.1) is 34.7 Å². The Bertz CT molecular complexity index is 1590. The summed E-state index contributed by atoms with van der Waals surface area (Å²) in [5, 5.41) is 20.3. The van der Waals surface area contributed by atoms with Gasteiger partial charge in [0.25, 0.3) is 11.8 Å². The van der Waals surface area contributed by atoms with Gasteiger partial charge >= 0.3 is 5.69 Å². The number of nitro groups is 1. The summed E-state index contributed by atoms with van der Waals surface area (Å²) in [4.78, 5) is 36.7. The molecule has 1 aliphatic rings. The minimum atomic E-state index is -0.793. The van der Waals surface area contributed by atoms with Crippen LogP contribution >= 0.6 is 0 Å². The van der Waals surface area contributed by atoms with Gasteiger partial charge in [-0.05, 0) is 59.2 Å². The Kier molecular flexibility index (Phi) is 6.94. The Labute approximate surface area is 223 Å². The van der Waals surface area contributed by atoms with E-state index in [9.17, 15) is 19.7 Å². The zero-order valence-electron chi connectivity index (χ0n) is 21.1. The van der Waals surface area contributed by atoms with E-state index in [4.69, 9.17) is 9.47 Å². The zero-order chi connectivity index (χ0) is 27.5. The summed E-state index contributed by atoms with van der Waals surface area (Å²) < 4.78 is 10.6. The van der Waals surface area contributed by atoms with Crippen molar-refractivity contribution in [2.75, 3.05) is 30.2 Å². The average Bonchev–Trinajstić information content (AvgIpc) is 3.08. The van der Waals surface area contributed by atoms with Gasteiger partial charge in [-0.1, -0.05) is 36.4 Å². The van der Waals surface area contributed by atoms with Gasteiger partial charge in [0.15, 0.2) is 11.9 Å². The smallest absolute Gasteiger partial charge is 0.310 e. The van der Waals surface area contributed by atoms with Crippen LogP contribution in [0.2, 0.25) is 0 Å². The molecule has 0 fully saturated rings. The van der Waals surface area contributed by atoms with Crippen LogP contribution in [-0.4, -0.2) is 31.0 Å². The first-order chi connectivity index (χ1) is 18.9. The molecule has 10 heteroatoms. The van der Waals surface area contributed by atoms with Crippen LogP contribution in [0, 0.1) is 10.1 Å². The number of fused-ring (bicyclic) bond motifs is 2. The SMILES string of the molecule is COc1cc(-c2ccc3c(c2)Nc2ccc(NC(=O)[C@@H](OC)c4ccccc4)cc2NC3=O)ccc1[N+](=O)[O-]. The first kappa shape index (κ1) is 25.4. The molecule has 1 aliphatic heterocycles. The number of amides is 2. The number of ether oxygens (including phenoxy) is 2. The van der Waals surface area contributed by atoms with Crippen molar-refractivity contribution in [2.24, 2.45) is 0 Å². The topological polar surface area (TPSA) is 132 Å². The lowest BCUT2D eigenvalue weighted by Crippen LogP contribution is -2.22. The van der Waals surface area contributed by atoms with Crippen LogP contribution in [0.1, 0.15) is 22.0 Å². The van der Waals surface area contributed by atoms with Crippen molar-refractivity contribution < 1.29 is 24.0 Å². The van der Waals surface area contributed by atoms with Crippen molar-refractivity contribution in [3.8, 4) is 16.9 Å². The molecule has 0 aliphatic carbocycles. The number of hydrogen-bond donors (Lipinski definition) is 3. The second-order valence-electron chi connectivity index (χ2n) is 8.76. The summed E-state index contributed by atoms with van der Waals surface area (Å²) in [7, 11) is 2.84. The van der Waals surface area contributed by atoms with Gasteiger partial charge in [0.1, 0.15) is 0 Å². The van der Waals surface area contributed by atoms with Crippen LogP contribution in [0.5, 0.6) is 5.75 Å². The first-order valence-corrected chi connectivity index (χ1v) is 12.0. The molecule has 4 aromatic carbocycles. The number of nitrogens with one attached hydrogen (secondary N) is 3. The Hall–Kier alpha value is -5.22. The van der Waals surface area contributed by atoms with E-state index >= 15 is 0 Å². The monoisotopic (exact) mass is 524 g/mol. The normalized spacial score (nSPS) is 12.6. The number of carbonyl (C=O) groups is 2. The molecule has 0 saturated heterocycles. The highest BCUT2D eigenvalue weighted by Gasteiger charge is 2.23. The molecular formula is C29H24N4O6. The quantitative estimate of drug-likeness (QED) is 0.202. The Balaban J connectivity index is 1.41. The Morgan fingerprint density at radius 1 is 0.872 bits per heavy atom. The van der Waals surface area contributed by atoms with Crippen LogP contribution in [-0.2, 0) is 9.53 Å². The molecule has 0 saturated carbocycles. The summed E-state index contributed by atoms with van der Waals surface area (Å²) in [6.07, 6.45) is -0.793. The largest absolute Gasteiger partial charge is 0.490 e. The van der Waals surface area contributed by atoms with E-state index in [0.717, 1.165) is 11.1 Å². The van der Waals surface area contributed by atoms with E-state index in [-0.39, 0.29) is 23.3 Å². The number of hydrogen-bond acceptors (Lipinski definition) is 7. The lowest BCUT2D eigenvalue weighted by Gasteiger charge is -2.17. The minimum absolute atomic E-state index is 0.133. The third-order valence-electron chi connectivity index (χ3n) is 6.35. The molecule has 4 aromatic rings. The van der Waals surface area contributed by atoms with Crippen molar-refractivity contribution in [3.05, 3.63) is 106 Å². The summed E-state index contributed by atoms with van der Waals surface area (Å²) in [6, 6.07) is 24.1. The molecule has 0 radical (unpaired) electrons. The predicted octanol–water partition coefficient (Wildman–Crippen LogP) is 5.91. The van der Waals surface area contributed by atoms with E-state index in [0.29, 0.717) is 33.9 Å². The van der Waals surface area contributed by atoms with Crippen molar-refractivity contribution in [1.29, 1.82) is 0 Å². The number of benzene rings is 4. The molecule has 0 unspecified atom stereocenters. The van der Waals surface area contributed by atoms with Crippen LogP contribution in [0.4, 0.5) is 28.4 Å². The predicted molar refractivity (Wildman–Crippen MR) is 148 cm³/mol. The second-order valence-corrected chi connectivity index (χ2v) is 8.76. The van der Waals surface area contributed by atoms with Gasteiger partial charge < -0.3 is 25.4 Å². The molecule has 3 N–H and O–H groups in total. The highest BCUT2D eigenvalue weighted by molar-refractivity contribution is 6.13. The standard InChI is InChI=1S/C29H24N4O6/c1-38-26-15-19(9-13-25(26)33(36)37)18-8-11-21-23(14-18)31-22-12-10-20(16-24(22)32-28(21)34)30-29(35)27(39-2)17-6-4-3-5-7-17/h3-16,27,31H,1-2H3,(H,30,35)(H,32,34)/t27-/m0/s1. The molecule has 1 atom stereocenters. The van der Waals surface area contributed by atoms with Crippen LogP contribution in [0.25, 0.3) is 11.1 Å². The van der Waals surface area contributed by atoms with Gasteiger partial charge in [0.2, 0.25) is 0 Å². The van der Waals surface area contributed by atoms with Gasteiger partial charge in [-0.3, -0.25) is 19.7 Å². The average molecular weight is 525 g/mol. The highest BCUT2D eigenvalue weighted by atomic mass is 16.6. The molecule has 0 spiro atoms. The maximum atomic E-state index is 13.1. The van der Waals surface area contributed by atoms with Crippen LogP contribution in [0.15, 0.2) is 84.9 Å². The number of nitrogens with zero attached hydrogens (tertiary/aromatic N) is 1. The summed E-state index contributed by atoms with van der Waals surface area (Å²) in [6.45, 7) is 0. The fraction of sp³-hybridized carbons (Fsp3) is 0.103. The zero-order valence-corrected chi connectivity index (χ0v) is 21.1. The molecule has 39 heavy (non-hydrogen) atoms. The van der Waals surface area contributed by atoms with E-state index in [1.54, 1.807) is 48.5 Å². The fourth-order valence-electron chi connectivity index (χ4n) is 4.43. The summed E-state index contributed by atoms with van der Waals surface area (Å²) >= 11 is 0. The van der Waals surface area contributed by atoms with E-state index in [2.05, 4.69) is 16.0 Å². The molecule has 10 nitrogen and oxygen atoms in total. The minimum Gasteiger partial charge on any atom is -0.490 e. The molecule has 196 valence electrons. The van der Waals surface area contributed by atoms with Crippen molar-refractivity contribution in [2.45, 2.75) is 6.10 Å². The number of anilines is 4. The van der Waals surface area contributed by atoms with Gasteiger partial charge in [-0.2, -0.15) is 0 Å². The lowest BCUT2D eigenvalue weighted by molar-refractivity contribution is -0.385. The highest BCUT2D eigenvalue weighted by Crippen LogP contribution is 2.38. The molecule has 0 aromatic heterocycles. The molecule has 5 rings (SSSR count). The van der Waals surface area contributed by atoms with E-state index < -0.39 is 11.0 Å². The molecule has 2 amide bonds. The van der Waals surface area contributed by atoms with Crippen molar-refractivity contribution >= 4 is 40.3 Å². The van der Waals surface area contributed by atoms with Crippen LogP contribution < -0.4 is 20.7 Å². The van der Waals surface area contributed by atoms with E-state index in [1.165, 1.54) is 20.3 Å².